The summed E-state index contributed by atoms with van der Waals surface area (Å²) in [7, 11) is 0. The van der Waals surface area contributed by atoms with Crippen LogP contribution in [0.15, 0.2) is 29.1 Å². The monoisotopic (exact) mass is 636 g/mol. The fraction of sp³-hybridized carbons (Fsp3) is 0.700. The van der Waals surface area contributed by atoms with Crippen LogP contribution in [-0.2, 0) is 35.5 Å². The Hall–Kier alpha value is -2.60. The number of hydrogen-bond donors (Lipinski definition) is 0. The minimum absolute atomic E-state index is 0.0961. The van der Waals surface area contributed by atoms with Gasteiger partial charge in [0.25, 0.3) is 5.56 Å². The fourth-order valence-electron chi connectivity index (χ4n) is 7.10. The van der Waals surface area contributed by atoms with Gasteiger partial charge in [-0.1, -0.05) is 116 Å². The van der Waals surface area contributed by atoms with Crippen molar-refractivity contribution in [1.82, 2.24) is 9.36 Å². The molecule has 1 aromatic carbocycles. The number of benzene rings is 1. The summed E-state index contributed by atoms with van der Waals surface area (Å²) in [5.41, 5.74) is 4.25. The van der Waals surface area contributed by atoms with Crippen LogP contribution >= 0.6 is 0 Å². The normalized spacial score (nSPS) is 13.7. The van der Waals surface area contributed by atoms with Crippen molar-refractivity contribution in [3.05, 3.63) is 51.3 Å². The van der Waals surface area contributed by atoms with Gasteiger partial charge in [-0.25, -0.2) is 9.36 Å². The zero-order valence-electron chi connectivity index (χ0n) is 30.2. The molecular weight excluding hydrogens is 572 g/mol. The molecule has 2 aromatic rings. The predicted molar refractivity (Wildman–Crippen MR) is 192 cm³/mol. The quantitative estimate of drug-likeness (QED) is 0.0777. The van der Waals surface area contributed by atoms with Gasteiger partial charge < -0.3 is 9.47 Å². The lowest BCUT2D eigenvalue weighted by Crippen LogP contribution is -2.35. The van der Waals surface area contributed by atoms with E-state index in [-0.39, 0.29) is 11.5 Å². The van der Waals surface area contributed by atoms with E-state index in [4.69, 9.17) is 9.47 Å². The standard InChI is InChI=1S/C40H64N2O4/c1-7-12-13-14-15-16-17-18-19-20-21-22-23-24-25-40(10-4,11-5)39(44)46-38-36(37(43)41-26-28-45-29-27-42(38)41)35-33(8-2)30-32(6)31-34(35)9-3/h18-19,30-31H,7-17,20-29H2,1-6H3. The van der Waals surface area contributed by atoms with Gasteiger partial charge in [-0.2, -0.15) is 0 Å². The first-order valence-electron chi connectivity index (χ1n) is 18.8. The van der Waals surface area contributed by atoms with Crippen LogP contribution < -0.4 is 10.3 Å². The number of carbonyl (C=O) groups excluding carboxylic acids is 1. The largest absolute Gasteiger partial charge is 0.407 e. The highest BCUT2D eigenvalue weighted by atomic mass is 16.5. The number of carbonyl (C=O) groups is 1. The maximum atomic E-state index is 14.2. The summed E-state index contributed by atoms with van der Waals surface area (Å²) in [4.78, 5) is 28.3. The fourth-order valence-corrected chi connectivity index (χ4v) is 7.10. The Labute approximate surface area is 279 Å². The summed E-state index contributed by atoms with van der Waals surface area (Å²) in [6, 6.07) is 4.34. The molecule has 1 aliphatic rings. The number of hydrogen-bond acceptors (Lipinski definition) is 4. The topological polar surface area (TPSA) is 62.5 Å². The van der Waals surface area contributed by atoms with E-state index in [1.165, 1.54) is 63.4 Å². The first-order chi connectivity index (χ1) is 22.4. The third-order valence-corrected chi connectivity index (χ3v) is 10.2. The van der Waals surface area contributed by atoms with Gasteiger partial charge in [0.1, 0.15) is 5.56 Å². The van der Waals surface area contributed by atoms with E-state index in [0.717, 1.165) is 68.1 Å². The van der Waals surface area contributed by atoms with Crippen LogP contribution in [0.4, 0.5) is 0 Å². The SMILES string of the molecule is CCCCCCCCC=CCCCCCCC(CC)(CC)C(=O)Oc1c(-c2c(CC)cc(C)cc2CC)c(=O)n2n1CCOCC2. The Bertz CT molecular complexity index is 1270. The van der Waals surface area contributed by atoms with E-state index in [2.05, 4.69) is 65.8 Å². The lowest BCUT2D eigenvalue weighted by Gasteiger charge is -2.29. The van der Waals surface area contributed by atoms with Crippen molar-refractivity contribution in [3.63, 3.8) is 0 Å². The van der Waals surface area contributed by atoms with Crippen molar-refractivity contribution in [3.8, 4) is 17.0 Å². The number of nitrogens with zero attached hydrogens (tertiary/aromatic N) is 2. The molecule has 0 aliphatic carbocycles. The average molecular weight is 637 g/mol. The van der Waals surface area contributed by atoms with Gasteiger partial charge in [0.2, 0.25) is 5.88 Å². The summed E-state index contributed by atoms with van der Waals surface area (Å²) in [6.07, 6.45) is 23.5. The van der Waals surface area contributed by atoms with Crippen molar-refractivity contribution in [2.45, 2.75) is 164 Å². The van der Waals surface area contributed by atoms with E-state index in [0.29, 0.717) is 37.7 Å². The van der Waals surface area contributed by atoms with Gasteiger partial charge in [-0.15, -0.1) is 0 Å². The number of aryl methyl sites for hydroxylation is 3. The predicted octanol–water partition coefficient (Wildman–Crippen LogP) is 10.1. The Morgan fingerprint density at radius 1 is 0.783 bits per heavy atom. The summed E-state index contributed by atoms with van der Waals surface area (Å²) in [5, 5.41) is 0. The van der Waals surface area contributed by atoms with E-state index >= 15 is 0 Å². The molecule has 46 heavy (non-hydrogen) atoms. The van der Waals surface area contributed by atoms with Crippen LogP contribution in [0.3, 0.4) is 0 Å². The first kappa shape index (κ1) is 37.9. The minimum Gasteiger partial charge on any atom is -0.407 e. The van der Waals surface area contributed by atoms with Crippen LogP contribution in [0.1, 0.15) is 148 Å². The van der Waals surface area contributed by atoms with Crippen molar-refractivity contribution in [2.24, 2.45) is 5.41 Å². The van der Waals surface area contributed by atoms with E-state index in [1.54, 1.807) is 4.68 Å². The van der Waals surface area contributed by atoms with Gasteiger partial charge in [0.05, 0.1) is 31.7 Å². The Morgan fingerprint density at radius 3 is 1.89 bits per heavy atom. The Morgan fingerprint density at radius 2 is 1.33 bits per heavy atom. The first-order valence-corrected chi connectivity index (χ1v) is 18.8. The summed E-state index contributed by atoms with van der Waals surface area (Å²) in [6.45, 7) is 14.7. The molecule has 1 aromatic heterocycles. The molecule has 0 saturated heterocycles. The lowest BCUT2D eigenvalue weighted by molar-refractivity contribution is -0.147. The molecule has 0 N–H and O–H groups in total. The maximum absolute atomic E-state index is 14.2. The molecule has 6 nitrogen and oxygen atoms in total. The summed E-state index contributed by atoms with van der Waals surface area (Å²) in [5.74, 6) is 0.193. The van der Waals surface area contributed by atoms with Gasteiger partial charge in [0, 0.05) is 0 Å². The molecule has 0 atom stereocenters. The molecule has 6 heteroatoms. The molecule has 0 amide bonds. The molecular formula is C40H64N2O4. The highest BCUT2D eigenvalue weighted by Gasteiger charge is 2.38. The molecule has 0 saturated carbocycles. The number of unbranched alkanes of at least 4 members (excludes halogenated alkanes) is 10. The molecule has 3 rings (SSSR count). The Balaban J connectivity index is 1.70. The van der Waals surface area contributed by atoms with Gasteiger partial charge in [-0.05, 0) is 81.4 Å². The van der Waals surface area contributed by atoms with Crippen molar-refractivity contribution in [2.75, 3.05) is 13.2 Å². The zero-order valence-corrected chi connectivity index (χ0v) is 30.2. The van der Waals surface area contributed by atoms with E-state index in [1.807, 2.05) is 4.68 Å². The molecule has 0 bridgehead atoms. The van der Waals surface area contributed by atoms with Crippen LogP contribution in [0.5, 0.6) is 5.88 Å². The van der Waals surface area contributed by atoms with E-state index < -0.39 is 5.41 Å². The molecule has 258 valence electrons. The molecule has 1 aliphatic heterocycles. The van der Waals surface area contributed by atoms with Gasteiger partial charge in [-0.3, -0.25) is 9.59 Å². The second kappa shape index (κ2) is 19.9. The Kier molecular flexibility index (Phi) is 16.4. The second-order valence-electron chi connectivity index (χ2n) is 13.4. The van der Waals surface area contributed by atoms with Gasteiger partial charge >= 0.3 is 5.97 Å². The number of allylic oxidation sites excluding steroid dienone is 2. The minimum atomic E-state index is -0.567. The van der Waals surface area contributed by atoms with Crippen LogP contribution in [0.25, 0.3) is 11.1 Å². The average Bonchev–Trinajstić information content (AvgIpc) is 3.20. The molecule has 0 unspecified atom stereocenters. The second-order valence-corrected chi connectivity index (χ2v) is 13.4. The van der Waals surface area contributed by atoms with Crippen molar-refractivity contribution < 1.29 is 14.3 Å². The van der Waals surface area contributed by atoms with Crippen molar-refractivity contribution >= 4 is 5.97 Å². The summed E-state index contributed by atoms with van der Waals surface area (Å²) < 4.78 is 15.8. The molecule has 0 radical (unpaired) electrons. The number of aromatic nitrogens is 2. The van der Waals surface area contributed by atoms with Crippen LogP contribution in [0, 0.1) is 12.3 Å². The number of rotatable bonds is 21. The smallest absolute Gasteiger partial charge is 0.318 e. The molecule has 0 fully saturated rings. The van der Waals surface area contributed by atoms with Crippen LogP contribution in [-0.4, -0.2) is 28.5 Å². The maximum Gasteiger partial charge on any atom is 0.318 e. The summed E-state index contributed by atoms with van der Waals surface area (Å²) >= 11 is 0. The molecule has 0 spiro atoms. The number of esters is 1. The lowest BCUT2D eigenvalue weighted by atomic mass is 9.77. The highest BCUT2D eigenvalue weighted by molar-refractivity contribution is 5.83. The number of fused-ring (bicyclic) bond motifs is 1. The third kappa shape index (κ3) is 9.95. The molecule has 2 heterocycles. The number of ether oxygens (including phenoxy) is 2. The van der Waals surface area contributed by atoms with Crippen molar-refractivity contribution in [1.29, 1.82) is 0 Å². The van der Waals surface area contributed by atoms with E-state index in [9.17, 15) is 9.59 Å². The van der Waals surface area contributed by atoms with Crippen LogP contribution in [0.2, 0.25) is 0 Å². The highest BCUT2D eigenvalue weighted by Crippen LogP contribution is 2.39. The third-order valence-electron chi connectivity index (χ3n) is 10.2. The zero-order chi connectivity index (χ0) is 33.4. The van der Waals surface area contributed by atoms with Gasteiger partial charge in [0.15, 0.2) is 0 Å².